The van der Waals surface area contributed by atoms with E-state index in [1.807, 2.05) is 24.3 Å². The van der Waals surface area contributed by atoms with Crippen molar-refractivity contribution in [3.8, 4) is 6.07 Å². The molecule has 1 aromatic carbocycles. The van der Waals surface area contributed by atoms with Crippen molar-refractivity contribution in [3.05, 3.63) is 29.3 Å². The van der Waals surface area contributed by atoms with Crippen molar-refractivity contribution in [2.45, 2.75) is 0 Å². The van der Waals surface area contributed by atoms with Crippen LogP contribution in [-0.4, -0.2) is 12.0 Å². The third-order valence-corrected chi connectivity index (χ3v) is 2.30. The molecule has 0 saturated heterocycles. The molecule has 0 aromatic heterocycles. The number of thiocarbonyl (C=S) groups is 1. The number of nitrogens with zero attached hydrogens (tertiary/aromatic N) is 2. The molecule has 0 aliphatic heterocycles. The molecule has 0 heterocycles. The van der Waals surface area contributed by atoms with Crippen LogP contribution in [0.2, 0.25) is 5.02 Å². The van der Waals surface area contributed by atoms with Gasteiger partial charge in [-0.2, -0.15) is 5.26 Å². The van der Waals surface area contributed by atoms with E-state index in [0.717, 1.165) is 5.69 Å². The van der Waals surface area contributed by atoms with Gasteiger partial charge >= 0.3 is 0 Å². The number of para-hydroxylation sites is 1. The lowest BCUT2D eigenvalue weighted by Crippen LogP contribution is -2.22. The van der Waals surface area contributed by atoms with Gasteiger partial charge in [-0.25, -0.2) is 0 Å². The number of hydrogen-bond acceptors (Lipinski definition) is 2. The fourth-order valence-corrected chi connectivity index (χ4v) is 1.27. The lowest BCUT2D eigenvalue weighted by Gasteiger charge is -2.16. The Kier molecular flexibility index (Phi) is 3.24. The number of halogens is 1. The Morgan fingerprint density at radius 3 is 2.69 bits per heavy atom. The van der Waals surface area contributed by atoms with Crippen LogP contribution in [0.25, 0.3) is 0 Å². The molecule has 0 aliphatic carbocycles. The highest BCUT2D eigenvalue weighted by Gasteiger charge is 2.08. The molecule has 0 N–H and O–H groups in total. The van der Waals surface area contributed by atoms with Gasteiger partial charge in [0.2, 0.25) is 0 Å². The molecule has 0 amide bonds. The predicted octanol–water partition coefficient (Wildman–Crippen LogP) is 2.63. The van der Waals surface area contributed by atoms with Crippen molar-refractivity contribution in [2.75, 3.05) is 11.9 Å². The molecule has 1 aromatic rings. The molecule has 1 rings (SSSR count). The van der Waals surface area contributed by atoms with Crippen LogP contribution in [0.1, 0.15) is 0 Å². The third-order valence-electron chi connectivity index (χ3n) is 1.61. The highest BCUT2D eigenvalue weighted by Crippen LogP contribution is 2.24. The molecule has 66 valence electrons. The van der Waals surface area contributed by atoms with Crippen LogP contribution in [0.5, 0.6) is 0 Å². The molecule has 0 saturated carbocycles. The maximum Gasteiger partial charge on any atom is 0.185 e. The molecular weight excluding hydrogens is 204 g/mol. The highest BCUT2D eigenvalue weighted by atomic mass is 35.5. The normalized spacial score (nSPS) is 9.00. The second-order valence-electron chi connectivity index (χ2n) is 2.43. The standard InChI is InChI=1S/C9H7ClN2S/c1-12(9(13)6-11)8-5-3-2-4-7(8)10/h2-5H,1H3. The fourth-order valence-electron chi connectivity index (χ4n) is 0.908. The monoisotopic (exact) mass is 210 g/mol. The lowest BCUT2D eigenvalue weighted by atomic mass is 10.3. The Labute approximate surface area is 87.3 Å². The minimum absolute atomic E-state index is 0.202. The number of rotatable bonds is 1. The fraction of sp³-hybridized carbons (Fsp3) is 0.111. The summed E-state index contributed by atoms with van der Waals surface area (Å²) in [6, 6.07) is 9.13. The number of benzene rings is 1. The number of hydrogen-bond donors (Lipinski definition) is 0. The van der Waals surface area contributed by atoms with Crippen LogP contribution in [-0.2, 0) is 0 Å². The zero-order valence-corrected chi connectivity index (χ0v) is 8.56. The van der Waals surface area contributed by atoms with Gasteiger partial charge in [0.05, 0.1) is 10.7 Å². The average molecular weight is 211 g/mol. The van der Waals surface area contributed by atoms with E-state index in [-0.39, 0.29) is 4.99 Å². The molecule has 2 nitrogen and oxygen atoms in total. The van der Waals surface area contributed by atoms with E-state index in [0.29, 0.717) is 5.02 Å². The first-order valence-electron chi connectivity index (χ1n) is 3.59. The van der Waals surface area contributed by atoms with Crippen LogP contribution in [0.4, 0.5) is 5.69 Å². The minimum atomic E-state index is 0.202. The van der Waals surface area contributed by atoms with Crippen LogP contribution in [0.15, 0.2) is 24.3 Å². The van der Waals surface area contributed by atoms with Crippen LogP contribution < -0.4 is 4.90 Å². The van der Waals surface area contributed by atoms with Crippen molar-refractivity contribution < 1.29 is 0 Å². The molecule has 0 atom stereocenters. The van der Waals surface area contributed by atoms with E-state index in [4.69, 9.17) is 29.1 Å². The summed E-state index contributed by atoms with van der Waals surface area (Å²) in [5.74, 6) is 0. The Morgan fingerprint density at radius 2 is 2.15 bits per heavy atom. The molecule has 0 radical (unpaired) electrons. The average Bonchev–Trinajstić information content (AvgIpc) is 2.16. The quantitative estimate of drug-likeness (QED) is 0.667. The van der Waals surface area contributed by atoms with Gasteiger partial charge < -0.3 is 4.90 Å². The Bertz CT molecular complexity index is 370. The van der Waals surface area contributed by atoms with Gasteiger partial charge in [-0.1, -0.05) is 23.7 Å². The van der Waals surface area contributed by atoms with Gasteiger partial charge in [0.25, 0.3) is 0 Å². The maximum atomic E-state index is 8.58. The van der Waals surface area contributed by atoms with E-state index in [1.165, 1.54) is 0 Å². The summed E-state index contributed by atoms with van der Waals surface area (Å²) in [5, 5.41) is 9.17. The summed E-state index contributed by atoms with van der Waals surface area (Å²) < 4.78 is 0. The van der Waals surface area contributed by atoms with Gasteiger partial charge in [0, 0.05) is 7.05 Å². The van der Waals surface area contributed by atoms with Crippen molar-refractivity contribution in [2.24, 2.45) is 0 Å². The highest BCUT2D eigenvalue weighted by molar-refractivity contribution is 7.81. The second kappa shape index (κ2) is 4.22. The maximum absolute atomic E-state index is 8.58. The van der Waals surface area contributed by atoms with Crippen LogP contribution in [0.3, 0.4) is 0 Å². The minimum Gasteiger partial charge on any atom is -0.326 e. The molecule has 0 aliphatic rings. The SMILES string of the molecule is CN(C(=S)C#N)c1ccccc1Cl. The molecule has 13 heavy (non-hydrogen) atoms. The van der Waals surface area contributed by atoms with E-state index in [2.05, 4.69) is 0 Å². The number of nitriles is 1. The van der Waals surface area contributed by atoms with Gasteiger partial charge in [0.1, 0.15) is 6.07 Å². The summed E-state index contributed by atoms with van der Waals surface area (Å²) in [4.78, 5) is 1.78. The summed E-state index contributed by atoms with van der Waals surface area (Å²) in [6.45, 7) is 0. The summed E-state index contributed by atoms with van der Waals surface area (Å²) >= 11 is 10.7. The zero-order valence-electron chi connectivity index (χ0n) is 6.99. The topological polar surface area (TPSA) is 27.0 Å². The van der Waals surface area contributed by atoms with Gasteiger partial charge in [-0.05, 0) is 24.4 Å². The molecule has 0 spiro atoms. The van der Waals surface area contributed by atoms with E-state index in [9.17, 15) is 0 Å². The van der Waals surface area contributed by atoms with Crippen molar-refractivity contribution in [1.29, 1.82) is 5.26 Å². The second-order valence-corrected chi connectivity index (χ2v) is 3.22. The van der Waals surface area contributed by atoms with Gasteiger partial charge in [-0.15, -0.1) is 0 Å². The van der Waals surface area contributed by atoms with Crippen molar-refractivity contribution in [1.82, 2.24) is 0 Å². The Morgan fingerprint density at radius 1 is 1.54 bits per heavy atom. The van der Waals surface area contributed by atoms with E-state index >= 15 is 0 Å². The zero-order chi connectivity index (χ0) is 9.84. The predicted molar refractivity (Wildman–Crippen MR) is 58.1 cm³/mol. The number of anilines is 1. The van der Waals surface area contributed by atoms with Crippen molar-refractivity contribution >= 4 is 34.5 Å². The van der Waals surface area contributed by atoms with Gasteiger partial charge in [-0.3, -0.25) is 0 Å². The first kappa shape index (κ1) is 9.97. The van der Waals surface area contributed by atoms with E-state index in [1.54, 1.807) is 18.0 Å². The first-order valence-corrected chi connectivity index (χ1v) is 4.37. The summed E-state index contributed by atoms with van der Waals surface area (Å²) in [6.07, 6.45) is 0. The molecule has 0 fully saturated rings. The third kappa shape index (κ3) is 2.18. The first-order chi connectivity index (χ1) is 6.16. The largest absolute Gasteiger partial charge is 0.326 e. The summed E-state index contributed by atoms with van der Waals surface area (Å²) in [5.41, 5.74) is 0.746. The molecule has 0 unspecified atom stereocenters. The Hall–Kier alpha value is -1.11. The van der Waals surface area contributed by atoms with Gasteiger partial charge in [0.15, 0.2) is 4.99 Å². The van der Waals surface area contributed by atoms with Crippen molar-refractivity contribution in [3.63, 3.8) is 0 Å². The van der Waals surface area contributed by atoms with Crippen LogP contribution in [0, 0.1) is 11.3 Å². The smallest absolute Gasteiger partial charge is 0.185 e. The summed E-state index contributed by atoms with van der Waals surface area (Å²) in [7, 11) is 1.72. The Balaban J connectivity index is 3.03. The lowest BCUT2D eigenvalue weighted by molar-refractivity contribution is 1.29. The molecule has 4 heteroatoms. The van der Waals surface area contributed by atoms with E-state index < -0.39 is 0 Å². The molecular formula is C9H7ClN2S. The van der Waals surface area contributed by atoms with Crippen LogP contribution >= 0.6 is 23.8 Å². The molecule has 0 bridgehead atoms.